The normalized spacial score (nSPS) is 19.3. The summed E-state index contributed by atoms with van der Waals surface area (Å²) in [5.41, 5.74) is 2.83. The minimum atomic E-state index is -0.0831. The zero-order chi connectivity index (χ0) is 18.6. The summed E-state index contributed by atoms with van der Waals surface area (Å²) in [7, 11) is 1.60. The molecule has 0 spiro atoms. The van der Waals surface area contributed by atoms with Crippen LogP contribution in [0.15, 0.2) is 30.5 Å². The summed E-state index contributed by atoms with van der Waals surface area (Å²) < 4.78 is 10.7. The molecular formula is C20H24N4O3. The Balaban J connectivity index is 1.44. The Morgan fingerprint density at radius 2 is 2.11 bits per heavy atom. The smallest absolute Gasteiger partial charge is 0.227 e. The number of nitrogens with zero attached hydrogens (tertiary/aromatic N) is 3. The second-order valence-electron chi connectivity index (χ2n) is 6.87. The molecule has 142 valence electrons. The van der Waals surface area contributed by atoms with E-state index in [0.29, 0.717) is 31.1 Å². The summed E-state index contributed by atoms with van der Waals surface area (Å²) in [4.78, 5) is 24.2. The van der Waals surface area contributed by atoms with Crippen LogP contribution in [0.1, 0.15) is 17.7 Å². The highest BCUT2D eigenvalue weighted by Crippen LogP contribution is 2.28. The molecule has 2 aromatic rings. The van der Waals surface area contributed by atoms with Crippen molar-refractivity contribution < 1.29 is 14.3 Å². The third-order valence-electron chi connectivity index (χ3n) is 5.17. The number of ether oxygens (including phenoxy) is 2. The summed E-state index contributed by atoms with van der Waals surface area (Å²) in [5.74, 6) is 1.37. The van der Waals surface area contributed by atoms with E-state index in [-0.39, 0.29) is 11.8 Å². The summed E-state index contributed by atoms with van der Waals surface area (Å²) in [6.07, 6.45) is 4.13. The molecule has 1 unspecified atom stereocenters. The van der Waals surface area contributed by atoms with Gasteiger partial charge in [0.05, 0.1) is 26.0 Å². The van der Waals surface area contributed by atoms with Crippen molar-refractivity contribution in [3.05, 3.63) is 41.7 Å². The zero-order valence-electron chi connectivity index (χ0n) is 15.5. The van der Waals surface area contributed by atoms with Crippen molar-refractivity contribution in [3.8, 4) is 5.75 Å². The molecule has 7 heteroatoms. The number of fused-ring (bicyclic) bond motifs is 1. The van der Waals surface area contributed by atoms with Gasteiger partial charge in [0.15, 0.2) is 0 Å². The fraction of sp³-hybridized carbons (Fsp3) is 0.450. The van der Waals surface area contributed by atoms with E-state index in [0.717, 1.165) is 43.1 Å². The molecule has 2 aliphatic rings. The number of benzene rings is 1. The number of carbonyl (C=O) groups excluding carboxylic acids is 1. The van der Waals surface area contributed by atoms with Crippen molar-refractivity contribution in [3.63, 3.8) is 0 Å². The van der Waals surface area contributed by atoms with Crippen LogP contribution in [0.4, 0.5) is 11.6 Å². The quantitative estimate of drug-likeness (QED) is 0.890. The van der Waals surface area contributed by atoms with E-state index in [2.05, 4.69) is 15.2 Å². The topological polar surface area (TPSA) is 76.6 Å². The van der Waals surface area contributed by atoms with E-state index in [9.17, 15) is 4.79 Å². The van der Waals surface area contributed by atoms with Gasteiger partial charge in [0, 0.05) is 30.9 Å². The monoisotopic (exact) mass is 368 g/mol. The Labute approximate surface area is 158 Å². The number of anilines is 2. The number of aromatic nitrogens is 2. The maximum Gasteiger partial charge on any atom is 0.227 e. The maximum atomic E-state index is 12.7. The molecule has 1 fully saturated rings. The van der Waals surface area contributed by atoms with E-state index >= 15 is 0 Å². The van der Waals surface area contributed by atoms with Gasteiger partial charge in [-0.25, -0.2) is 9.97 Å². The van der Waals surface area contributed by atoms with Gasteiger partial charge in [-0.15, -0.1) is 0 Å². The standard InChI is InChI=1S/C20H24N4O3/c1-26-18-5-3-2-4-17(18)22-19(25)14-6-7-16-15(12-14)13-21-20(23-16)24-8-10-27-11-9-24/h2-5,13-14H,6-12H2,1H3,(H,22,25). The van der Waals surface area contributed by atoms with Gasteiger partial charge in [0.1, 0.15) is 5.75 Å². The van der Waals surface area contributed by atoms with Gasteiger partial charge in [-0.3, -0.25) is 4.79 Å². The number of methoxy groups -OCH3 is 1. The van der Waals surface area contributed by atoms with Crippen molar-refractivity contribution in [2.75, 3.05) is 43.6 Å². The van der Waals surface area contributed by atoms with E-state index in [1.807, 2.05) is 30.5 Å². The van der Waals surface area contributed by atoms with Gasteiger partial charge in [0.2, 0.25) is 11.9 Å². The van der Waals surface area contributed by atoms with Crippen LogP contribution in [0.5, 0.6) is 5.75 Å². The molecule has 0 saturated carbocycles. The fourth-order valence-corrected chi connectivity index (χ4v) is 3.62. The largest absolute Gasteiger partial charge is 0.495 e. The highest BCUT2D eigenvalue weighted by atomic mass is 16.5. The van der Waals surface area contributed by atoms with Gasteiger partial charge in [-0.2, -0.15) is 0 Å². The lowest BCUT2D eigenvalue weighted by Gasteiger charge is -2.28. The number of nitrogens with one attached hydrogen (secondary N) is 1. The van der Waals surface area contributed by atoms with Crippen LogP contribution in [-0.2, 0) is 22.4 Å². The average Bonchev–Trinajstić information content (AvgIpc) is 2.74. The highest BCUT2D eigenvalue weighted by molar-refractivity contribution is 5.94. The number of para-hydroxylation sites is 2. The Kier molecular flexibility index (Phi) is 5.20. The van der Waals surface area contributed by atoms with Crippen molar-refractivity contribution in [2.24, 2.45) is 5.92 Å². The van der Waals surface area contributed by atoms with Gasteiger partial charge >= 0.3 is 0 Å². The second-order valence-corrected chi connectivity index (χ2v) is 6.87. The first-order valence-electron chi connectivity index (χ1n) is 9.36. The lowest BCUT2D eigenvalue weighted by atomic mass is 9.86. The fourth-order valence-electron chi connectivity index (χ4n) is 3.62. The van der Waals surface area contributed by atoms with Gasteiger partial charge in [0.25, 0.3) is 0 Å². The van der Waals surface area contributed by atoms with Crippen LogP contribution in [0, 0.1) is 5.92 Å². The number of carbonyl (C=O) groups is 1. The van der Waals surface area contributed by atoms with Crippen LogP contribution in [-0.4, -0.2) is 49.3 Å². The molecule has 0 bridgehead atoms. The maximum absolute atomic E-state index is 12.7. The first-order chi connectivity index (χ1) is 13.2. The molecule has 1 aromatic heterocycles. The van der Waals surface area contributed by atoms with Crippen LogP contribution >= 0.6 is 0 Å². The molecule has 4 rings (SSSR count). The lowest BCUT2D eigenvalue weighted by Crippen LogP contribution is -2.38. The second kappa shape index (κ2) is 7.92. The molecule has 2 heterocycles. The molecule has 1 aliphatic carbocycles. The molecule has 0 radical (unpaired) electrons. The minimum absolute atomic E-state index is 0.0161. The lowest BCUT2D eigenvalue weighted by molar-refractivity contribution is -0.120. The Bertz CT molecular complexity index is 821. The summed E-state index contributed by atoms with van der Waals surface area (Å²) >= 11 is 0. The van der Waals surface area contributed by atoms with Gasteiger partial charge < -0.3 is 19.7 Å². The van der Waals surface area contributed by atoms with Gasteiger partial charge in [-0.05, 0) is 37.0 Å². The summed E-state index contributed by atoms with van der Waals surface area (Å²) in [6.45, 7) is 3.07. The number of amides is 1. The number of hydrogen-bond acceptors (Lipinski definition) is 6. The summed E-state index contributed by atoms with van der Waals surface area (Å²) in [6, 6.07) is 7.46. The number of rotatable bonds is 4. The molecular weight excluding hydrogens is 344 g/mol. The molecule has 7 nitrogen and oxygen atoms in total. The van der Waals surface area contributed by atoms with Crippen molar-refractivity contribution in [1.82, 2.24) is 9.97 Å². The Morgan fingerprint density at radius 3 is 2.93 bits per heavy atom. The predicted molar refractivity (Wildman–Crippen MR) is 102 cm³/mol. The van der Waals surface area contributed by atoms with Crippen LogP contribution < -0.4 is 15.0 Å². The number of morpholine rings is 1. The van der Waals surface area contributed by atoms with Crippen LogP contribution in [0.2, 0.25) is 0 Å². The van der Waals surface area contributed by atoms with E-state index < -0.39 is 0 Å². The third kappa shape index (κ3) is 3.88. The third-order valence-corrected chi connectivity index (χ3v) is 5.17. The minimum Gasteiger partial charge on any atom is -0.495 e. The molecule has 1 saturated heterocycles. The zero-order valence-corrected chi connectivity index (χ0v) is 15.5. The molecule has 1 aromatic carbocycles. The molecule has 27 heavy (non-hydrogen) atoms. The van der Waals surface area contributed by atoms with Crippen LogP contribution in [0.3, 0.4) is 0 Å². The molecule has 1 aliphatic heterocycles. The van der Waals surface area contributed by atoms with E-state index in [1.165, 1.54) is 0 Å². The van der Waals surface area contributed by atoms with Crippen molar-refractivity contribution >= 4 is 17.5 Å². The molecule has 1 amide bonds. The predicted octanol–water partition coefficient (Wildman–Crippen LogP) is 2.07. The van der Waals surface area contributed by atoms with Crippen molar-refractivity contribution in [2.45, 2.75) is 19.3 Å². The van der Waals surface area contributed by atoms with Crippen molar-refractivity contribution in [1.29, 1.82) is 0 Å². The van der Waals surface area contributed by atoms with Crippen LogP contribution in [0.25, 0.3) is 0 Å². The SMILES string of the molecule is COc1ccccc1NC(=O)C1CCc2nc(N3CCOCC3)ncc2C1. The number of hydrogen-bond donors (Lipinski definition) is 1. The molecule has 1 atom stereocenters. The first-order valence-corrected chi connectivity index (χ1v) is 9.36. The average molecular weight is 368 g/mol. The van der Waals surface area contributed by atoms with Gasteiger partial charge in [-0.1, -0.05) is 12.1 Å². The number of aryl methyl sites for hydroxylation is 1. The Morgan fingerprint density at radius 1 is 1.30 bits per heavy atom. The van der Waals surface area contributed by atoms with E-state index in [1.54, 1.807) is 7.11 Å². The highest BCUT2D eigenvalue weighted by Gasteiger charge is 2.27. The first kappa shape index (κ1) is 17.7. The Hall–Kier alpha value is -2.67. The summed E-state index contributed by atoms with van der Waals surface area (Å²) in [5, 5.41) is 3.00. The van der Waals surface area contributed by atoms with E-state index in [4.69, 9.17) is 14.5 Å². The molecule has 1 N–H and O–H groups in total.